The Morgan fingerprint density at radius 1 is 1.27 bits per heavy atom. The summed E-state index contributed by atoms with van der Waals surface area (Å²) in [6.07, 6.45) is 1.63. The fourth-order valence-corrected chi connectivity index (χ4v) is 5.61. The number of carbonyl (C=O) groups excluding carboxylic acids is 2. The maximum Gasteiger partial charge on any atom is 0.350 e. The standard InChI is InChI=1S/C27H21BrN2O6S/c1-4-11-35-17-8-6-7-15(12-17)21-20-22(31)18-13-16(28)9-10-19(18)36-23(20)25(32)30(21)27-29-14(3)24(37-27)26(33)34-5-2/h4,6-10,12-13,21H,1,5,11H2,2-3H3. The van der Waals surface area contributed by atoms with Crippen LogP contribution in [0.25, 0.3) is 11.0 Å². The van der Waals surface area contributed by atoms with Crippen molar-refractivity contribution in [3.63, 3.8) is 0 Å². The molecule has 1 amide bonds. The summed E-state index contributed by atoms with van der Waals surface area (Å²) in [5.41, 5.74) is 1.22. The van der Waals surface area contributed by atoms with Gasteiger partial charge in [-0.2, -0.15) is 0 Å². The van der Waals surface area contributed by atoms with Crippen molar-refractivity contribution in [2.24, 2.45) is 0 Å². The Balaban J connectivity index is 1.73. The Labute approximate surface area is 224 Å². The first-order valence-corrected chi connectivity index (χ1v) is 13.0. The number of amides is 1. The van der Waals surface area contributed by atoms with Crippen LogP contribution in [0.2, 0.25) is 0 Å². The van der Waals surface area contributed by atoms with Crippen molar-refractivity contribution in [3.8, 4) is 5.75 Å². The van der Waals surface area contributed by atoms with Crippen LogP contribution in [-0.4, -0.2) is 30.1 Å². The second-order valence-corrected chi connectivity index (χ2v) is 10.1. The van der Waals surface area contributed by atoms with Crippen molar-refractivity contribution in [1.29, 1.82) is 0 Å². The molecule has 10 heteroatoms. The summed E-state index contributed by atoms with van der Waals surface area (Å²) in [5, 5.41) is 0.596. The highest BCUT2D eigenvalue weighted by atomic mass is 79.9. The Bertz CT molecular complexity index is 1630. The van der Waals surface area contributed by atoms with E-state index in [4.69, 9.17) is 13.9 Å². The van der Waals surface area contributed by atoms with Crippen LogP contribution in [0.1, 0.15) is 50.0 Å². The normalized spacial score (nSPS) is 14.6. The molecule has 4 aromatic rings. The van der Waals surface area contributed by atoms with Crippen LogP contribution in [0.15, 0.2) is 68.8 Å². The van der Waals surface area contributed by atoms with Gasteiger partial charge < -0.3 is 13.9 Å². The lowest BCUT2D eigenvalue weighted by Gasteiger charge is -2.23. The van der Waals surface area contributed by atoms with Crippen LogP contribution in [0.5, 0.6) is 5.75 Å². The molecule has 0 bridgehead atoms. The fourth-order valence-electron chi connectivity index (χ4n) is 4.26. The highest BCUT2D eigenvalue weighted by molar-refractivity contribution is 9.10. The Hall–Kier alpha value is -3.76. The molecule has 5 rings (SSSR count). The number of esters is 1. The third kappa shape index (κ3) is 4.36. The second kappa shape index (κ2) is 9.95. The summed E-state index contributed by atoms with van der Waals surface area (Å²) >= 11 is 4.44. The molecular weight excluding hydrogens is 560 g/mol. The maximum absolute atomic E-state index is 13.8. The fraction of sp³-hybridized carbons (Fsp3) is 0.185. The lowest BCUT2D eigenvalue weighted by atomic mass is 9.98. The number of benzene rings is 2. The summed E-state index contributed by atoms with van der Waals surface area (Å²) in [6, 6.07) is 11.3. The number of nitrogens with zero attached hydrogens (tertiary/aromatic N) is 2. The number of fused-ring (bicyclic) bond motifs is 2. The van der Waals surface area contributed by atoms with Crippen LogP contribution in [-0.2, 0) is 4.74 Å². The Morgan fingerprint density at radius 2 is 2.08 bits per heavy atom. The van der Waals surface area contributed by atoms with E-state index < -0.39 is 17.9 Å². The molecule has 3 heterocycles. The van der Waals surface area contributed by atoms with E-state index in [1.807, 2.05) is 0 Å². The number of hydrogen-bond donors (Lipinski definition) is 0. The molecule has 1 unspecified atom stereocenters. The van der Waals surface area contributed by atoms with Crippen molar-refractivity contribution in [2.75, 3.05) is 18.1 Å². The van der Waals surface area contributed by atoms with Gasteiger partial charge in [0.1, 0.15) is 22.8 Å². The Morgan fingerprint density at radius 3 is 2.84 bits per heavy atom. The van der Waals surface area contributed by atoms with Crippen molar-refractivity contribution in [2.45, 2.75) is 19.9 Å². The number of carbonyl (C=O) groups is 2. The van der Waals surface area contributed by atoms with Crippen LogP contribution >= 0.6 is 27.3 Å². The Kier molecular flexibility index (Phi) is 6.70. The number of thiazole rings is 1. The number of ether oxygens (including phenoxy) is 2. The number of rotatable bonds is 7. The summed E-state index contributed by atoms with van der Waals surface area (Å²) in [6.45, 7) is 7.57. The van der Waals surface area contributed by atoms with Gasteiger partial charge in [0.05, 0.1) is 29.3 Å². The zero-order valence-electron chi connectivity index (χ0n) is 19.9. The van der Waals surface area contributed by atoms with Crippen molar-refractivity contribution >= 4 is 55.2 Å². The lowest BCUT2D eigenvalue weighted by Crippen LogP contribution is -2.29. The monoisotopic (exact) mass is 580 g/mol. The summed E-state index contributed by atoms with van der Waals surface area (Å²) in [4.78, 5) is 46.3. The first-order chi connectivity index (χ1) is 17.8. The van der Waals surface area contributed by atoms with Crippen molar-refractivity contribution < 1.29 is 23.5 Å². The van der Waals surface area contributed by atoms with Gasteiger partial charge in [0.25, 0.3) is 5.91 Å². The van der Waals surface area contributed by atoms with Gasteiger partial charge in [-0.25, -0.2) is 9.78 Å². The molecule has 0 saturated carbocycles. The van der Waals surface area contributed by atoms with E-state index in [1.165, 1.54) is 4.90 Å². The molecule has 1 atom stereocenters. The molecule has 0 radical (unpaired) electrons. The van der Waals surface area contributed by atoms with Gasteiger partial charge >= 0.3 is 5.97 Å². The minimum atomic E-state index is -0.852. The van der Waals surface area contributed by atoms with E-state index in [0.29, 0.717) is 39.1 Å². The van der Waals surface area contributed by atoms with Crippen LogP contribution in [0.3, 0.4) is 0 Å². The average molecular weight is 581 g/mol. The molecule has 8 nitrogen and oxygen atoms in total. The first kappa shape index (κ1) is 24.9. The first-order valence-electron chi connectivity index (χ1n) is 11.4. The molecule has 2 aromatic carbocycles. The predicted molar refractivity (Wildman–Crippen MR) is 144 cm³/mol. The lowest BCUT2D eigenvalue weighted by molar-refractivity contribution is 0.0531. The number of aromatic nitrogens is 1. The van der Waals surface area contributed by atoms with E-state index in [9.17, 15) is 14.4 Å². The molecule has 0 N–H and O–H groups in total. The maximum atomic E-state index is 13.8. The van der Waals surface area contributed by atoms with Crippen LogP contribution < -0.4 is 15.1 Å². The molecule has 2 aromatic heterocycles. The SMILES string of the molecule is C=CCOc1cccc(C2c3c(oc4ccc(Br)cc4c3=O)C(=O)N2c2nc(C)c(C(=O)OCC)s2)c1. The van der Waals surface area contributed by atoms with Gasteiger partial charge in [-0.05, 0) is 49.7 Å². The molecule has 1 aliphatic heterocycles. The summed E-state index contributed by atoms with van der Waals surface area (Å²) in [5.74, 6) is -0.556. The largest absolute Gasteiger partial charge is 0.490 e. The van der Waals surface area contributed by atoms with E-state index in [-0.39, 0.29) is 33.4 Å². The zero-order valence-corrected chi connectivity index (χ0v) is 22.4. The van der Waals surface area contributed by atoms with Gasteiger partial charge in [-0.3, -0.25) is 14.5 Å². The van der Waals surface area contributed by atoms with Gasteiger partial charge in [0.2, 0.25) is 5.76 Å². The minimum Gasteiger partial charge on any atom is -0.490 e. The van der Waals surface area contributed by atoms with Crippen LogP contribution in [0.4, 0.5) is 5.13 Å². The van der Waals surface area contributed by atoms with Gasteiger partial charge in [0.15, 0.2) is 10.6 Å². The van der Waals surface area contributed by atoms with Gasteiger partial charge in [-0.1, -0.05) is 52.1 Å². The van der Waals surface area contributed by atoms with Gasteiger partial charge in [0, 0.05) is 4.47 Å². The van der Waals surface area contributed by atoms with Crippen LogP contribution in [0, 0.1) is 6.92 Å². The summed E-state index contributed by atoms with van der Waals surface area (Å²) in [7, 11) is 0. The van der Waals surface area contributed by atoms with E-state index in [2.05, 4.69) is 27.5 Å². The molecule has 188 valence electrons. The number of halogens is 1. The molecule has 0 spiro atoms. The summed E-state index contributed by atoms with van der Waals surface area (Å²) < 4.78 is 17.6. The topological polar surface area (TPSA) is 98.9 Å². The smallest absolute Gasteiger partial charge is 0.350 e. The van der Waals surface area contributed by atoms with E-state index in [0.717, 1.165) is 11.3 Å². The molecule has 0 aliphatic carbocycles. The zero-order chi connectivity index (χ0) is 26.3. The average Bonchev–Trinajstić information content (AvgIpc) is 3.41. The number of hydrogen-bond acceptors (Lipinski definition) is 8. The highest BCUT2D eigenvalue weighted by Crippen LogP contribution is 2.43. The highest BCUT2D eigenvalue weighted by Gasteiger charge is 2.45. The molecule has 0 saturated heterocycles. The second-order valence-electron chi connectivity index (χ2n) is 8.20. The molecule has 1 aliphatic rings. The third-order valence-corrected chi connectivity index (χ3v) is 7.46. The van der Waals surface area contributed by atoms with E-state index >= 15 is 0 Å². The molecular formula is C27H21BrN2O6S. The third-order valence-electron chi connectivity index (χ3n) is 5.83. The predicted octanol–water partition coefficient (Wildman–Crippen LogP) is 5.81. The van der Waals surface area contributed by atoms with E-state index in [1.54, 1.807) is 62.4 Å². The number of anilines is 1. The number of aryl methyl sites for hydroxylation is 1. The molecule has 0 fully saturated rings. The minimum absolute atomic E-state index is 0.0622. The van der Waals surface area contributed by atoms with Crippen molar-refractivity contribution in [1.82, 2.24) is 4.98 Å². The van der Waals surface area contributed by atoms with Crippen molar-refractivity contribution in [3.05, 3.63) is 97.3 Å². The molecule has 37 heavy (non-hydrogen) atoms. The van der Waals surface area contributed by atoms with Gasteiger partial charge in [-0.15, -0.1) is 0 Å². The quantitative estimate of drug-likeness (QED) is 0.201.